The second-order valence-corrected chi connectivity index (χ2v) is 9.23. The van der Waals surface area contributed by atoms with E-state index in [1.807, 2.05) is 32.2 Å². The fourth-order valence-corrected chi connectivity index (χ4v) is 5.18. The Hall–Kier alpha value is -3.41. The van der Waals surface area contributed by atoms with E-state index in [1.165, 1.54) is 38.5 Å². The Morgan fingerprint density at radius 2 is 1.82 bits per heavy atom. The highest BCUT2D eigenvalue weighted by Crippen LogP contribution is 2.35. The number of hydrogen-bond donors (Lipinski definition) is 1. The number of nitrogens with zero attached hydrogens (tertiary/aromatic N) is 3. The standard InChI is InChI=1S/C27H29N3O3/c1-17-25(18(2)33-29-17)22-13-24-26(28-14-22)23(20-9-11-21(12-10-20)27(31)32)16-30(24)15-19-7-5-3-4-6-8-19/h9-14,16,19H,3-8,15H2,1-2H3,(H,31,32). The van der Waals surface area contributed by atoms with Gasteiger partial charge in [-0.1, -0.05) is 43.0 Å². The van der Waals surface area contributed by atoms with Gasteiger partial charge in [0.25, 0.3) is 0 Å². The molecule has 0 saturated heterocycles. The van der Waals surface area contributed by atoms with Crippen LogP contribution in [0.3, 0.4) is 0 Å². The van der Waals surface area contributed by atoms with Gasteiger partial charge in [-0.2, -0.15) is 0 Å². The Morgan fingerprint density at radius 1 is 1.09 bits per heavy atom. The lowest BCUT2D eigenvalue weighted by atomic mass is 10.0. The van der Waals surface area contributed by atoms with Crippen LogP contribution in [0.5, 0.6) is 0 Å². The first kappa shape index (κ1) is 21.4. The van der Waals surface area contributed by atoms with Crippen LogP contribution in [-0.4, -0.2) is 25.8 Å². The van der Waals surface area contributed by atoms with Crippen molar-refractivity contribution in [3.05, 3.63) is 59.7 Å². The van der Waals surface area contributed by atoms with Gasteiger partial charge in [0.2, 0.25) is 0 Å². The number of hydrogen-bond acceptors (Lipinski definition) is 4. The minimum Gasteiger partial charge on any atom is -0.478 e. The number of benzene rings is 1. The van der Waals surface area contributed by atoms with Crippen LogP contribution in [0.2, 0.25) is 0 Å². The van der Waals surface area contributed by atoms with Gasteiger partial charge in [-0.25, -0.2) is 4.79 Å². The third-order valence-electron chi connectivity index (χ3n) is 6.91. The Bertz CT molecular complexity index is 1270. The van der Waals surface area contributed by atoms with E-state index in [4.69, 9.17) is 9.51 Å². The highest BCUT2D eigenvalue weighted by molar-refractivity contribution is 5.96. The number of rotatable bonds is 5. The van der Waals surface area contributed by atoms with Crippen LogP contribution in [-0.2, 0) is 6.54 Å². The van der Waals surface area contributed by atoms with Gasteiger partial charge in [0, 0.05) is 35.6 Å². The largest absolute Gasteiger partial charge is 0.478 e. The summed E-state index contributed by atoms with van der Waals surface area (Å²) < 4.78 is 7.75. The summed E-state index contributed by atoms with van der Waals surface area (Å²) in [4.78, 5) is 16.2. The zero-order valence-electron chi connectivity index (χ0n) is 19.2. The van der Waals surface area contributed by atoms with Gasteiger partial charge in [-0.15, -0.1) is 0 Å². The lowest BCUT2D eigenvalue weighted by Crippen LogP contribution is -2.09. The molecular weight excluding hydrogens is 414 g/mol. The number of carboxylic acid groups (broad SMARTS) is 1. The maximum absolute atomic E-state index is 11.3. The van der Waals surface area contributed by atoms with Crippen molar-refractivity contribution >= 4 is 17.0 Å². The van der Waals surface area contributed by atoms with E-state index in [-0.39, 0.29) is 5.56 Å². The lowest BCUT2D eigenvalue weighted by molar-refractivity contribution is 0.0697. The number of aromatic carboxylic acids is 1. The Kier molecular flexibility index (Phi) is 5.75. The van der Waals surface area contributed by atoms with E-state index in [1.54, 1.807) is 12.1 Å². The van der Waals surface area contributed by atoms with E-state index in [9.17, 15) is 9.90 Å². The van der Waals surface area contributed by atoms with E-state index < -0.39 is 5.97 Å². The molecule has 6 heteroatoms. The smallest absolute Gasteiger partial charge is 0.335 e. The number of aromatic nitrogens is 3. The first-order chi connectivity index (χ1) is 16.0. The summed E-state index contributed by atoms with van der Waals surface area (Å²) in [6, 6.07) is 9.26. The molecule has 1 aliphatic rings. The number of carbonyl (C=O) groups is 1. The van der Waals surface area contributed by atoms with Crippen molar-refractivity contribution in [2.45, 2.75) is 58.9 Å². The van der Waals surface area contributed by atoms with Gasteiger partial charge in [0.1, 0.15) is 5.76 Å². The number of carboxylic acids is 1. The molecule has 6 nitrogen and oxygen atoms in total. The van der Waals surface area contributed by atoms with Gasteiger partial charge in [0.05, 0.1) is 22.3 Å². The van der Waals surface area contributed by atoms with Crippen molar-refractivity contribution in [2.75, 3.05) is 0 Å². The molecule has 0 atom stereocenters. The molecule has 33 heavy (non-hydrogen) atoms. The topological polar surface area (TPSA) is 81.2 Å². The summed E-state index contributed by atoms with van der Waals surface area (Å²) >= 11 is 0. The molecule has 1 N–H and O–H groups in total. The van der Waals surface area contributed by atoms with Crippen molar-refractivity contribution < 1.29 is 14.4 Å². The van der Waals surface area contributed by atoms with Crippen LogP contribution in [0.15, 0.2) is 47.2 Å². The molecule has 4 aromatic rings. The molecule has 0 spiro atoms. The molecule has 0 unspecified atom stereocenters. The van der Waals surface area contributed by atoms with Crippen molar-refractivity contribution in [1.82, 2.24) is 14.7 Å². The van der Waals surface area contributed by atoms with Crippen molar-refractivity contribution in [3.63, 3.8) is 0 Å². The first-order valence-corrected chi connectivity index (χ1v) is 11.8. The average Bonchev–Trinajstić information content (AvgIpc) is 3.21. The second kappa shape index (κ2) is 8.85. The number of fused-ring (bicyclic) bond motifs is 1. The predicted molar refractivity (Wildman–Crippen MR) is 128 cm³/mol. The summed E-state index contributed by atoms with van der Waals surface area (Å²) in [5.41, 5.74) is 7.18. The first-order valence-electron chi connectivity index (χ1n) is 11.8. The summed E-state index contributed by atoms with van der Waals surface area (Å²) in [6.45, 7) is 4.85. The molecule has 3 heterocycles. The lowest BCUT2D eigenvalue weighted by Gasteiger charge is -2.16. The maximum Gasteiger partial charge on any atom is 0.335 e. The molecule has 3 aromatic heterocycles. The Labute approximate surface area is 193 Å². The van der Waals surface area contributed by atoms with E-state index in [0.29, 0.717) is 5.92 Å². The number of aryl methyl sites for hydroxylation is 2. The molecule has 1 fully saturated rings. The quantitative estimate of drug-likeness (QED) is 0.350. The summed E-state index contributed by atoms with van der Waals surface area (Å²) in [6.07, 6.45) is 11.9. The van der Waals surface area contributed by atoms with Crippen LogP contribution in [0.25, 0.3) is 33.3 Å². The van der Waals surface area contributed by atoms with E-state index >= 15 is 0 Å². The third-order valence-corrected chi connectivity index (χ3v) is 6.91. The molecule has 170 valence electrons. The van der Waals surface area contributed by atoms with Crippen LogP contribution < -0.4 is 0 Å². The zero-order chi connectivity index (χ0) is 22.9. The van der Waals surface area contributed by atoms with E-state index in [2.05, 4.69) is 22.0 Å². The molecule has 0 aliphatic heterocycles. The molecule has 1 saturated carbocycles. The van der Waals surface area contributed by atoms with Crippen LogP contribution in [0, 0.1) is 19.8 Å². The fraction of sp³-hybridized carbons (Fsp3) is 0.370. The van der Waals surface area contributed by atoms with Crippen molar-refractivity contribution in [1.29, 1.82) is 0 Å². The normalized spacial score (nSPS) is 15.1. The minimum absolute atomic E-state index is 0.287. The second-order valence-electron chi connectivity index (χ2n) is 9.23. The highest BCUT2D eigenvalue weighted by atomic mass is 16.5. The fourth-order valence-electron chi connectivity index (χ4n) is 5.18. The molecular formula is C27H29N3O3. The Balaban J connectivity index is 1.62. The molecule has 1 aliphatic carbocycles. The Morgan fingerprint density at radius 3 is 2.45 bits per heavy atom. The summed E-state index contributed by atoms with van der Waals surface area (Å²) in [5, 5.41) is 13.4. The molecule has 5 rings (SSSR count). The van der Waals surface area contributed by atoms with Gasteiger partial charge in [0.15, 0.2) is 0 Å². The van der Waals surface area contributed by atoms with Crippen molar-refractivity contribution in [3.8, 4) is 22.3 Å². The van der Waals surface area contributed by atoms with Crippen LogP contribution in [0.4, 0.5) is 0 Å². The van der Waals surface area contributed by atoms with Gasteiger partial charge >= 0.3 is 5.97 Å². The minimum atomic E-state index is -0.917. The van der Waals surface area contributed by atoms with Gasteiger partial charge < -0.3 is 14.2 Å². The average molecular weight is 444 g/mol. The van der Waals surface area contributed by atoms with Crippen LogP contribution in [0.1, 0.15) is 60.3 Å². The predicted octanol–water partition coefficient (Wildman–Crippen LogP) is 6.64. The summed E-state index contributed by atoms with van der Waals surface area (Å²) in [5.74, 6) is 0.535. The molecule has 0 radical (unpaired) electrons. The molecule has 0 bridgehead atoms. The molecule has 0 amide bonds. The van der Waals surface area contributed by atoms with Crippen LogP contribution >= 0.6 is 0 Å². The summed E-state index contributed by atoms with van der Waals surface area (Å²) in [7, 11) is 0. The third kappa shape index (κ3) is 4.17. The SMILES string of the molecule is Cc1noc(C)c1-c1cnc2c(-c3ccc(C(=O)O)cc3)cn(CC3CCCCCC3)c2c1. The zero-order valence-corrected chi connectivity index (χ0v) is 19.2. The van der Waals surface area contributed by atoms with Gasteiger partial charge in [-0.05, 0) is 56.4 Å². The van der Waals surface area contributed by atoms with E-state index in [0.717, 1.165) is 51.3 Å². The van der Waals surface area contributed by atoms with Gasteiger partial charge in [-0.3, -0.25) is 4.98 Å². The van der Waals surface area contributed by atoms with Crippen molar-refractivity contribution in [2.24, 2.45) is 5.92 Å². The number of pyridine rings is 1. The molecule has 1 aromatic carbocycles. The maximum atomic E-state index is 11.3. The monoisotopic (exact) mass is 443 g/mol. The highest BCUT2D eigenvalue weighted by Gasteiger charge is 2.20.